The average molecular weight is 565 g/mol. The van der Waals surface area contributed by atoms with Crippen LogP contribution in [0.5, 0.6) is 0 Å². The molecule has 6 rings (SSSR count). The van der Waals surface area contributed by atoms with E-state index in [0.29, 0.717) is 22.9 Å². The molecule has 2 aromatic heterocycles. The molecule has 0 saturated carbocycles. The van der Waals surface area contributed by atoms with Gasteiger partial charge in [0.1, 0.15) is 11.6 Å². The van der Waals surface area contributed by atoms with Crippen molar-refractivity contribution in [2.75, 3.05) is 26.2 Å². The van der Waals surface area contributed by atoms with Gasteiger partial charge < -0.3 is 9.97 Å². The van der Waals surface area contributed by atoms with E-state index in [9.17, 15) is 0 Å². The van der Waals surface area contributed by atoms with E-state index >= 15 is 0 Å². The van der Waals surface area contributed by atoms with Crippen molar-refractivity contribution in [1.82, 2.24) is 29.7 Å². The van der Waals surface area contributed by atoms with Crippen LogP contribution >= 0.6 is 0 Å². The molecular weight excluding hydrogens is 516 g/mol. The maximum absolute atomic E-state index is 5.04. The van der Waals surface area contributed by atoms with Crippen LogP contribution in [0.15, 0.2) is 36.4 Å². The number of hydrogen-bond donors (Lipinski definition) is 2. The zero-order valence-corrected chi connectivity index (χ0v) is 26.5. The number of fused-ring (bicyclic) bond motifs is 2. The molecule has 2 saturated heterocycles. The topological polar surface area (TPSA) is 63.8 Å². The molecule has 0 radical (unpaired) electrons. The Labute approximate surface area is 251 Å². The number of aromatic amines is 2. The molecular formula is C36H48N6. The Morgan fingerprint density at radius 1 is 0.690 bits per heavy atom. The lowest BCUT2D eigenvalue weighted by Gasteiger charge is -2.27. The smallest absolute Gasteiger partial charge is 0.124 e. The first kappa shape index (κ1) is 29.0. The van der Waals surface area contributed by atoms with E-state index in [-0.39, 0.29) is 0 Å². The highest BCUT2D eigenvalue weighted by molar-refractivity contribution is 5.78. The summed E-state index contributed by atoms with van der Waals surface area (Å²) in [5, 5.41) is 0. The van der Waals surface area contributed by atoms with Crippen molar-refractivity contribution < 1.29 is 0 Å². The average Bonchev–Trinajstić information content (AvgIpc) is 3.73. The molecule has 6 nitrogen and oxygen atoms in total. The fraction of sp³-hybridized carbons (Fsp3) is 0.556. The summed E-state index contributed by atoms with van der Waals surface area (Å²) in [7, 11) is 0. The Morgan fingerprint density at radius 3 is 1.52 bits per heavy atom. The second-order valence-corrected chi connectivity index (χ2v) is 15.0. The highest BCUT2D eigenvalue weighted by Gasteiger charge is 2.30. The first-order chi connectivity index (χ1) is 20.0. The lowest BCUT2D eigenvalue weighted by molar-refractivity contribution is 0.210. The molecule has 0 spiro atoms. The maximum Gasteiger partial charge on any atom is 0.124 e. The van der Waals surface area contributed by atoms with Gasteiger partial charge in [-0.15, -0.1) is 0 Å². The van der Waals surface area contributed by atoms with Crippen molar-refractivity contribution in [3.63, 3.8) is 0 Å². The predicted octanol–water partition coefficient (Wildman–Crippen LogP) is 7.99. The van der Waals surface area contributed by atoms with Gasteiger partial charge in [-0.3, -0.25) is 9.80 Å². The van der Waals surface area contributed by atoms with Crippen molar-refractivity contribution in [2.24, 2.45) is 10.8 Å². The molecule has 0 amide bonds. The van der Waals surface area contributed by atoms with Crippen LogP contribution in [0.25, 0.3) is 22.1 Å². The summed E-state index contributed by atoms with van der Waals surface area (Å²) in [5.74, 6) is 8.96. The molecule has 2 N–H and O–H groups in total. The Morgan fingerprint density at radius 2 is 1.12 bits per heavy atom. The van der Waals surface area contributed by atoms with Gasteiger partial charge in [0.25, 0.3) is 0 Å². The van der Waals surface area contributed by atoms with Gasteiger partial charge in [-0.2, -0.15) is 0 Å². The van der Waals surface area contributed by atoms with Gasteiger partial charge in [0.15, 0.2) is 0 Å². The lowest BCUT2D eigenvalue weighted by atomic mass is 9.92. The van der Waals surface area contributed by atoms with E-state index in [1.54, 1.807) is 0 Å². The quantitative estimate of drug-likeness (QED) is 0.233. The van der Waals surface area contributed by atoms with E-state index in [4.69, 9.17) is 9.97 Å². The number of aromatic nitrogens is 4. The monoisotopic (exact) mass is 564 g/mol. The van der Waals surface area contributed by atoms with Gasteiger partial charge in [-0.25, -0.2) is 9.97 Å². The van der Waals surface area contributed by atoms with Gasteiger partial charge in [0.05, 0.1) is 34.2 Å². The minimum atomic E-state index is 0.349. The molecule has 0 bridgehead atoms. The summed E-state index contributed by atoms with van der Waals surface area (Å²) < 4.78 is 0. The Balaban J connectivity index is 1.16. The molecule has 0 aliphatic carbocycles. The predicted molar refractivity (Wildman–Crippen MR) is 173 cm³/mol. The highest BCUT2D eigenvalue weighted by atomic mass is 15.2. The first-order valence-electron chi connectivity index (χ1n) is 16.0. The van der Waals surface area contributed by atoms with Crippen molar-refractivity contribution in [3.05, 3.63) is 59.2 Å². The zero-order valence-electron chi connectivity index (χ0n) is 26.5. The SMILES string of the molecule is CC(C)(C)CCN1CCC[C@H]1c1nc2cc(C#Cc3ccc4[nH]c([C@@H]5CCCN5CCC(C)(C)C)nc4c3)ccc2[nH]1. The third kappa shape index (κ3) is 6.74. The molecule has 2 aliphatic rings. The van der Waals surface area contributed by atoms with Crippen LogP contribution in [0.3, 0.4) is 0 Å². The summed E-state index contributed by atoms with van der Waals surface area (Å²) in [5.41, 5.74) is 6.85. The van der Waals surface area contributed by atoms with E-state index < -0.39 is 0 Å². The van der Waals surface area contributed by atoms with Crippen LogP contribution in [0.4, 0.5) is 0 Å². The summed E-state index contributed by atoms with van der Waals surface area (Å²) in [6.07, 6.45) is 7.21. The fourth-order valence-electron chi connectivity index (χ4n) is 6.43. The fourth-order valence-corrected chi connectivity index (χ4v) is 6.43. The largest absolute Gasteiger partial charge is 0.341 e. The number of benzene rings is 2. The second kappa shape index (κ2) is 11.5. The molecule has 4 aromatic rings. The molecule has 0 unspecified atom stereocenters. The molecule has 222 valence electrons. The second-order valence-electron chi connectivity index (χ2n) is 15.0. The van der Waals surface area contributed by atoms with Gasteiger partial charge >= 0.3 is 0 Å². The van der Waals surface area contributed by atoms with E-state index in [0.717, 1.165) is 71.0 Å². The van der Waals surface area contributed by atoms with E-state index in [2.05, 4.69) is 110 Å². The molecule has 6 heteroatoms. The number of rotatable bonds is 6. The van der Waals surface area contributed by atoms with Crippen LogP contribution < -0.4 is 0 Å². The highest BCUT2D eigenvalue weighted by Crippen LogP contribution is 2.34. The Hall–Kier alpha value is -3.14. The molecule has 4 heterocycles. The number of likely N-dealkylation sites (tertiary alicyclic amines) is 2. The number of hydrogen-bond acceptors (Lipinski definition) is 4. The van der Waals surface area contributed by atoms with Crippen LogP contribution in [0.2, 0.25) is 0 Å². The van der Waals surface area contributed by atoms with Crippen molar-refractivity contribution in [1.29, 1.82) is 0 Å². The molecule has 2 aliphatic heterocycles. The van der Waals surface area contributed by atoms with Crippen LogP contribution in [0, 0.1) is 22.7 Å². The molecule has 42 heavy (non-hydrogen) atoms. The summed E-state index contributed by atoms with van der Waals surface area (Å²) >= 11 is 0. The van der Waals surface area contributed by atoms with Crippen LogP contribution in [-0.4, -0.2) is 55.9 Å². The number of imidazole rings is 2. The third-order valence-electron chi connectivity index (χ3n) is 9.01. The summed E-state index contributed by atoms with van der Waals surface area (Å²) in [6.45, 7) is 18.5. The van der Waals surface area contributed by atoms with Crippen LogP contribution in [-0.2, 0) is 0 Å². The number of H-pyrrole nitrogens is 2. The van der Waals surface area contributed by atoms with Crippen molar-refractivity contribution >= 4 is 22.1 Å². The maximum atomic E-state index is 5.04. The minimum absolute atomic E-state index is 0.349. The van der Waals surface area contributed by atoms with Gasteiger partial charge in [0.2, 0.25) is 0 Å². The third-order valence-corrected chi connectivity index (χ3v) is 9.01. The molecule has 2 aromatic carbocycles. The first-order valence-corrected chi connectivity index (χ1v) is 16.0. The van der Waals surface area contributed by atoms with Crippen LogP contribution in [0.1, 0.15) is 115 Å². The minimum Gasteiger partial charge on any atom is -0.341 e. The summed E-state index contributed by atoms with van der Waals surface area (Å²) in [6, 6.07) is 13.5. The number of nitrogens with one attached hydrogen (secondary N) is 2. The molecule has 2 fully saturated rings. The Bertz CT molecular complexity index is 1480. The van der Waals surface area contributed by atoms with Gasteiger partial charge in [-0.05, 0) is 112 Å². The standard InChI is InChI=1S/C36H48N6/c1-35(2,3)17-21-41-19-7-9-31(41)33-37-27-15-13-25(23-29(27)39-33)11-12-26-14-16-28-30(24-26)40-34(38-28)32-10-8-20-42(32)22-18-36(4,5)6/h13-16,23-24,31-32H,7-10,17-22H2,1-6H3,(H,37,39)(H,38,40)/t31-,32-/m0/s1. The van der Waals surface area contributed by atoms with E-state index in [1.807, 2.05) is 0 Å². The normalized spacial score (nSPS) is 20.5. The van der Waals surface area contributed by atoms with Crippen molar-refractivity contribution in [2.45, 2.75) is 92.2 Å². The lowest BCUT2D eigenvalue weighted by Crippen LogP contribution is -2.27. The number of nitrogens with zero attached hydrogens (tertiary/aromatic N) is 4. The van der Waals surface area contributed by atoms with Gasteiger partial charge in [0, 0.05) is 11.1 Å². The zero-order chi connectivity index (χ0) is 29.5. The van der Waals surface area contributed by atoms with Crippen molar-refractivity contribution in [3.8, 4) is 11.8 Å². The van der Waals surface area contributed by atoms with E-state index in [1.165, 1.54) is 38.5 Å². The van der Waals surface area contributed by atoms with Gasteiger partial charge in [-0.1, -0.05) is 53.4 Å². The summed E-state index contributed by atoms with van der Waals surface area (Å²) in [4.78, 5) is 22.5. The Kier molecular flexibility index (Phi) is 7.93. The molecule has 2 atom stereocenters.